The van der Waals surface area contributed by atoms with Gasteiger partial charge < -0.3 is 25.1 Å². The largest absolute Gasteiger partial charge is 0.466 e. The minimum absolute atomic E-state index is 0. The molecule has 1 atom stereocenters. The number of rotatable bonds is 7. The van der Waals surface area contributed by atoms with Crippen LogP contribution < -0.4 is 10.6 Å². The zero-order valence-corrected chi connectivity index (χ0v) is 18.0. The number of para-hydroxylation sites is 1. The smallest absolute Gasteiger partial charge is 0.191 e. The maximum atomic E-state index is 10.5. The molecule has 0 amide bonds. The molecule has 0 fully saturated rings. The molecular weight excluding hydrogens is 455 g/mol. The van der Waals surface area contributed by atoms with Crippen LogP contribution in [0.4, 0.5) is 0 Å². The van der Waals surface area contributed by atoms with Gasteiger partial charge in [-0.05, 0) is 44.0 Å². The van der Waals surface area contributed by atoms with Crippen molar-refractivity contribution >= 4 is 40.8 Å². The summed E-state index contributed by atoms with van der Waals surface area (Å²) in [6.45, 7) is 5.42. The van der Waals surface area contributed by atoms with Crippen molar-refractivity contribution in [1.82, 2.24) is 15.6 Å². The van der Waals surface area contributed by atoms with Gasteiger partial charge in [0.05, 0.1) is 12.8 Å². The molecule has 4 N–H and O–H groups in total. The second-order valence-corrected chi connectivity index (χ2v) is 6.48. The second kappa shape index (κ2) is 9.80. The topological polar surface area (TPSA) is 85.6 Å². The molecule has 0 radical (unpaired) electrons. The van der Waals surface area contributed by atoms with Crippen molar-refractivity contribution in [1.29, 1.82) is 0 Å². The number of nitrogens with one attached hydrogen (secondary N) is 3. The quantitative estimate of drug-likeness (QED) is 0.236. The maximum Gasteiger partial charge on any atom is 0.191 e. The molecule has 0 bridgehead atoms. The highest BCUT2D eigenvalue weighted by Crippen LogP contribution is 2.21. The molecule has 146 valence electrons. The van der Waals surface area contributed by atoms with Gasteiger partial charge in [0.15, 0.2) is 5.96 Å². The Morgan fingerprint density at radius 3 is 2.78 bits per heavy atom. The van der Waals surface area contributed by atoms with Crippen LogP contribution in [-0.4, -0.2) is 35.7 Å². The molecule has 7 heteroatoms. The number of furan rings is 1. The summed E-state index contributed by atoms with van der Waals surface area (Å²) >= 11 is 0. The number of halogens is 1. The lowest BCUT2D eigenvalue weighted by Crippen LogP contribution is -2.39. The monoisotopic (exact) mass is 482 g/mol. The lowest BCUT2D eigenvalue weighted by molar-refractivity contribution is 0.0437. The maximum absolute atomic E-state index is 10.5. The van der Waals surface area contributed by atoms with Gasteiger partial charge in [0.25, 0.3) is 0 Å². The first-order valence-electron chi connectivity index (χ1n) is 8.93. The fourth-order valence-electron chi connectivity index (χ4n) is 2.89. The van der Waals surface area contributed by atoms with E-state index in [0.29, 0.717) is 11.7 Å². The molecule has 27 heavy (non-hydrogen) atoms. The number of nitrogens with zero attached hydrogens (tertiary/aromatic N) is 1. The Labute approximate surface area is 176 Å². The summed E-state index contributed by atoms with van der Waals surface area (Å²) in [4.78, 5) is 7.79. The number of H-pyrrole nitrogens is 1. The number of aromatic nitrogens is 1. The summed E-state index contributed by atoms with van der Waals surface area (Å²) in [6, 6.07) is 11.8. The van der Waals surface area contributed by atoms with Crippen molar-refractivity contribution in [2.45, 2.75) is 25.9 Å². The Hall–Kier alpha value is -2.00. The van der Waals surface area contributed by atoms with Crippen LogP contribution in [0.3, 0.4) is 0 Å². The van der Waals surface area contributed by atoms with E-state index in [0.717, 1.165) is 25.0 Å². The van der Waals surface area contributed by atoms with Crippen molar-refractivity contribution < 1.29 is 9.52 Å². The van der Waals surface area contributed by atoms with E-state index >= 15 is 0 Å². The molecule has 2 aromatic heterocycles. The van der Waals surface area contributed by atoms with Crippen LogP contribution in [0.2, 0.25) is 0 Å². The fraction of sp³-hybridized carbons (Fsp3) is 0.350. The van der Waals surface area contributed by atoms with Crippen molar-refractivity contribution in [2.24, 2.45) is 4.99 Å². The first-order valence-corrected chi connectivity index (χ1v) is 8.93. The third-order valence-corrected chi connectivity index (χ3v) is 4.30. The summed E-state index contributed by atoms with van der Waals surface area (Å²) in [5, 5.41) is 18.3. The van der Waals surface area contributed by atoms with Crippen LogP contribution in [0.25, 0.3) is 10.9 Å². The first kappa shape index (κ1) is 21.3. The molecule has 1 aromatic carbocycles. The highest BCUT2D eigenvalue weighted by Gasteiger charge is 2.26. The van der Waals surface area contributed by atoms with Gasteiger partial charge in [0.1, 0.15) is 11.4 Å². The fourth-order valence-corrected chi connectivity index (χ4v) is 2.89. The lowest BCUT2D eigenvalue weighted by Gasteiger charge is -2.19. The average molecular weight is 482 g/mol. The molecule has 3 aromatic rings. The molecule has 0 aliphatic rings. The van der Waals surface area contributed by atoms with Gasteiger partial charge in [-0.25, -0.2) is 4.99 Å². The van der Waals surface area contributed by atoms with Crippen LogP contribution >= 0.6 is 24.0 Å². The van der Waals surface area contributed by atoms with Gasteiger partial charge in [-0.15, -0.1) is 24.0 Å². The van der Waals surface area contributed by atoms with E-state index < -0.39 is 5.60 Å². The van der Waals surface area contributed by atoms with Crippen molar-refractivity contribution in [3.05, 3.63) is 60.2 Å². The highest BCUT2D eigenvalue weighted by atomic mass is 127. The van der Waals surface area contributed by atoms with Crippen molar-refractivity contribution in [2.75, 3.05) is 19.6 Å². The Morgan fingerprint density at radius 1 is 1.22 bits per heavy atom. The zero-order chi connectivity index (χ0) is 18.4. The first-order chi connectivity index (χ1) is 12.6. The van der Waals surface area contributed by atoms with E-state index in [9.17, 15) is 5.11 Å². The second-order valence-electron chi connectivity index (χ2n) is 6.48. The summed E-state index contributed by atoms with van der Waals surface area (Å²) in [5.41, 5.74) is 1.28. The van der Waals surface area contributed by atoms with Gasteiger partial charge in [-0.1, -0.05) is 18.2 Å². The molecule has 3 rings (SSSR count). The van der Waals surface area contributed by atoms with Crippen LogP contribution in [0.15, 0.2) is 58.3 Å². The number of aromatic amines is 1. The van der Waals surface area contributed by atoms with Crippen molar-refractivity contribution in [3.8, 4) is 0 Å². The lowest BCUT2D eigenvalue weighted by atomic mass is 10.0. The number of benzene rings is 1. The SMILES string of the molecule is CCNC(=NCC(C)(O)c1ccco1)NCCc1c[nH]c2ccccc12.I. The van der Waals surface area contributed by atoms with E-state index in [2.05, 4.69) is 45.0 Å². The van der Waals surface area contributed by atoms with E-state index in [-0.39, 0.29) is 30.5 Å². The highest BCUT2D eigenvalue weighted by molar-refractivity contribution is 14.0. The summed E-state index contributed by atoms with van der Waals surface area (Å²) in [6.07, 6.45) is 4.49. The van der Waals surface area contributed by atoms with Gasteiger partial charge >= 0.3 is 0 Å². The van der Waals surface area contributed by atoms with Crippen molar-refractivity contribution in [3.63, 3.8) is 0 Å². The van der Waals surface area contributed by atoms with Gasteiger partial charge in [0.2, 0.25) is 0 Å². The molecule has 6 nitrogen and oxygen atoms in total. The normalized spacial score (nSPS) is 13.8. The Morgan fingerprint density at radius 2 is 2.04 bits per heavy atom. The third-order valence-electron chi connectivity index (χ3n) is 4.30. The Bertz CT molecular complexity index is 856. The number of hydrogen-bond donors (Lipinski definition) is 4. The molecule has 0 spiro atoms. The predicted octanol–water partition coefficient (Wildman–Crippen LogP) is 3.38. The molecule has 0 saturated heterocycles. The third kappa shape index (κ3) is 5.49. The minimum Gasteiger partial charge on any atom is -0.466 e. The standard InChI is InChI=1S/C20H26N4O2.HI/c1-3-21-19(24-14-20(2,25)18-9-6-12-26-18)22-11-10-15-13-23-17-8-5-4-7-16(15)17;/h4-9,12-13,23,25H,3,10-11,14H2,1-2H3,(H2,21,22,24);1H. The summed E-state index contributed by atoms with van der Waals surface area (Å²) in [5.74, 6) is 1.19. The van der Waals surface area contributed by atoms with Crippen LogP contribution in [0, 0.1) is 0 Å². The minimum atomic E-state index is -1.14. The number of guanidine groups is 1. The zero-order valence-electron chi connectivity index (χ0n) is 15.7. The average Bonchev–Trinajstić information content (AvgIpc) is 3.30. The number of fused-ring (bicyclic) bond motifs is 1. The number of hydrogen-bond acceptors (Lipinski definition) is 3. The van der Waals surface area contributed by atoms with E-state index in [4.69, 9.17) is 4.42 Å². The van der Waals surface area contributed by atoms with Gasteiger partial charge in [-0.3, -0.25) is 0 Å². The molecule has 0 aliphatic heterocycles. The van der Waals surface area contributed by atoms with Gasteiger partial charge in [-0.2, -0.15) is 0 Å². The molecule has 0 saturated carbocycles. The summed E-state index contributed by atoms with van der Waals surface area (Å²) < 4.78 is 5.30. The van der Waals surface area contributed by atoms with Crippen LogP contribution in [0.1, 0.15) is 25.2 Å². The van der Waals surface area contributed by atoms with E-state index in [1.54, 1.807) is 25.3 Å². The summed E-state index contributed by atoms with van der Waals surface area (Å²) in [7, 11) is 0. The molecule has 2 heterocycles. The van der Waals surface area contributed by atoms with Crippen LogP contribution in [-0.2, 0) is 12.0 Å². The molecular formula is C20H27IN4O2. The predicted molar refractivity (Wildman–Crippen MR) is 120 cm³/mol. The van der Waals surface area contributed by atoms with Gasteiger partial charge in [0, 0.05) is 30.2 Å². The van der Waals surface area contributed by atoms with E-state index in [1.807, 2.05) is 13.0 Å². The van der Waals surface area contributed by atoms with Crippen LogP contribution in [0.5, 0.6) is 0 Å². The Balaban J connectivity index is 0.00000261. The van der Waals surface area contributed by atoms with E-state index in [1.165, 1.54) is 10.9 Å². The molecule has 0 aliphatic carbocycles. The Kier molecular flexibility index (Phi) is 7.73. The number of aliphatic imine (C=N–C) groups is 1. The number of aliphatic hydroxyl groups is 1. The molecule has 1 unspecified atom stereocenters.